The maximum atomic E-state index is 12.8. The van der Waals surface area contributed by atoms with Gasteiger partial charge in [-0.2, -0.15) is 5.10 Å². The summed E-state index contributed by atoms with van der Waals surface area (Å²) in [5, 5.41) is 22.6. The Hall–Kier alpha value is -4.63. The van der Waals surface area contributed by atoms with Gasteiger partial charge in [0.25, 0.3) is 5.91 Å². The van der Waals surface area contributed by atoms with Crippen LogP contribution in [-0.2, 0) is 0 Å². The number of benzene rings is 2. The van der Waals surface area contributed by atoms with Crippen LogP contribution in [0, 0.1) is 0 Å². The molecule has 6 aromatic rings. The number of aromatic amines is 1. The van der Waals surface area contributed by atoms with Gasteiger partial charge in [0.1, 0.15) is 22.5 Å². The van der Waals surface area contributed by atoms with Crippen LogP contribution >= 0.6 is 11.3 Å². The monoisotopic (exact) mass is 469 g/mol. The van der Waals surface area contributed by atoms with E-state index < -0.39 is 11.9 Å². The Morgan fingerprint density at radius 3 is 2.68 bits per heavy atom. The summed E-state index contributed by atoms with van der Waals surface area (Å²) in [5.41, 5.74) is 3.02. The minimum Gasteiger partial charge on any atom is -0.478 e. The number of H-pyrrole nitrogens is 1. The second-order valence-corrected chi connectivity index (χ2v) is 8.46. The van der Waals surface area contributed by atoms with E-state index in [4.69, 9.17) is 8.83 Å². The molecule has 0 radical (unpaired) electrons. The Bertz CT molecular complexity index is 1660. The fourth-order valence-electron chi connectivity index (χ4n) is 3.92. The maximum Gasteiger partial charge on any atom is 0.339 e. The highest BCUT2D eigenvalue weighted by molar-refractivity contribution is 7.14. The van der Waals surface area contributed by atoms with Crippen LogP contribution in [0.2, 0.25) is 0 Å². The number of amides is 1. The fraction of sp³-hybridized carbons (Fsp3) is 0. The number of nitrogens with one attached hydrogen (secondary N) is 2. The second-order valence-electron chi connectivity index (χ2n) is 7.58. The maximum absolute atomic E-state index is 12.8. The van der Waals surface area contributed by atoms with E-state index in [2.05, 4.69) is 15.5 Å². The second kappa shape index (κ2) is 7.75. The molecule has 0 spiro atoms. The fourth-order valence-corrected chi connectivity index (χ4v) is 4.87. The number of rotatable bonds is 5. The van der Waals surface area contributed by atoms with Crippen molar-refractivity contribution in [2.45, 2.75) is 0 Å². The smallest absolute Gasteiger partial charge is 0.339 e. The molecule has 0 saturated carbocycles. The minimum absolute atomic E-state index is 0.0432. The van der Waals surface area contributed by atoms with E-state index in [1.54, 1.807) is 36.0 Å². The number of fused-ring (bicyclic) bond motifs is 2. The third kappa shape index (κ3) is 3.26. The molecule has 0 aliphatic rings. The lowest BCUT2D eigenvalue weighted by Gasteiger charge is -2.03. The molecule has 0 atom stereocenters. The van der Waals surface area contributed by atoms with Gasteiger partial charge in [0.2, 0.25) is 0 Å². The van der Waals surface area contributed by atoms with E-state index in [-0.39, 0.29) is 17.0 Å². The Morgan fingerprint density at radius 1 is 1.03 bits per heavy atom. The lowest BCUT2D eigenvalue weighted by molar-refractivity contribution is 0.0699. The standard InChI is InChI=1S/C25H15N3O5S/c29-24(20-8-13-4-1-2-7-18(13)32-20)28-17-12-34-23(21(17)25(30)31)19-9-14-5-3-6-16(22(14)33-19)15-10-26-27-11-15/h1-12H,(H,26,27)(H,28,29)(H,30,31). The first kappa shape index (κ1) is 20.0. The van der Waals surface area contributed by atoms with Gasteiger partial charge in [-0.25, -0.2) is 4.79 Å². The molecule has 6 rings (SSSR count). The molecule has 0 unspecified atom stereocenters. The zero-order chi connectivity index (χ0) is 23.2. The predicted molar refractivity (Wildman–Crippen MR) is 128 cm³/mol. The third-order valence-corrected chi connectivity index (χ3v) is 6.47. The summed E-state index contributed by atoms with van der Waals surface area (Å²) in [5.74, 6) is -1.21. The molecular weight excluding hydrogens is 454 g/mol. The molecule has 0 bridgehead atoms. The number of aromatic carboxylic acids is 1. The molecule has 166 valence electrons. The first-order chi connectivity index (χ1) is 16.6. The molecule has 4 aromatic heterocycles. The van der Waals surface area contributed by atoms with Crippen LogP contribution in [0.5, 0.6) is 0 Å². The Balaban J connectivity index is 1.39. The van der Waals surface area contributed by atoms with Crippen molar-refractivity contribution in [1.29, 1.82) is 0 Å². The molecule has 0 saturated heterocycles. The van der Waals surface area contributed by atoms with Crippen molar-refractivity contribution in [3.63, 3.8) is 0 Å². The van der Waals surface area contributed by atoms with E-state index in [0.717, 1.165) is 21.9 Å². The van der Waals surface area contributed by atoms with Gasteiger partial charge in [0, 0.05) is 33.5 Å². The number of carboxylic acids is 1. The van der Waals surface area contributed by atoms with E-state index in [1.807, 2.05) is 36.4 Å². The molecular formula is C25H15N3O5S. The number of hydrogen-bond acceptors (Lipinski definition) is 6. The van der Waals surface area contributed by atoms with Crippen molar-refractivity contribution in [2.24, 2.45) is 0 Å². The summed E-state index contributed by atoms with van der Waals surface area (Å²) in [4.78, 5) is 25.4. The number of nitrogens with zero attached hydrogens (tertiary/aromatic N) is 1. The van der Waals surface area contributed by atoms with Gasteiger partial charge in [-0.05, 0) is 18.2 Å². The predicted octanol–water partition coefficient (Wildman–Crippen LogP) is 6.25. The van der Waals surface area contributed by atoms with Gasteiger partial charge < -0.3 is 19.3 Å². The van der Waals surface area contributed by atoms with Crippen LogP contribution < -0.4 is 5.32 Å². The summed E-state index contributed by atoms with van der Waals surface area (Å²) < 4.78 is 11.7. The average molecular weight is 469 g/mol. The highest BCUT2D eigenvalue weighted by Crippen LogP contribution is 2.41. The number of thiophene rings is 1. The number of hydrogen-bond donors (Lipinski definition) is 3. The van der Waals surface area contributed by atoms with Crippen LogP contribution in [0.4, 0.5) is 5.69 Å². The lowest BCUT2D eigenvalue weighted by atomic mass is 10.1. The number of carboxylic acid groups (broad SMARTS) is 1. The van der Waals surface area contributed by atoms with Crippen molar-refractivity contribution in [1.82, 2.24) is 10.2 Å². The van der Waals surface area contributed by atoms with Crippen molar-refractivity contribution in [3.05, 3.63) is 83.7 Å². The summed E-state index contributed by atoms with van der Waals surface area (Å²) in [7, 11) is 0. The van der Waals surface area contributed by atoms with Crippen molar-refractivity contribution >= 4 is 50.8 Å². The Morgan fingerprint density at radius 2 is 1.88 bits per heavy atom. The Labute approximate surface area is 195 Å². The normalized spacial score (nSPS) is 11.3. The molecule has 4 heterocycles. The van der Waals surface area contributed by atoms with Crippen LogP contribution in [0.3, 0.4) is 0 Å². The van der Waals surface area contributed by atoms with Crippen molar-refractivity contribution in [3.8, 4) is 21.8 Å². The zero-order valence-corrected chi connectivity index (χ0v) is 18.2. The van der Waals surface area contributed by atoms with Crippen molar-refractivity contribution in [2.75, 3.05) is 5.32 Å². The molecule has 0 aliphatic heterocycles. The molecule has 1 amide bonds. The van der Waals surface area contributed by atoms with Gasteiger partial charge in [-0.15, -0.1) is 11.3 Å². The number of para-hydroxylation sites is 2. The van der Waals surface area contributed by atoms with E-state index in [1.165, 1.54) is 11.3 Å². The van der Waals surface area contributed by atoms with Gasteiger partial charge in [0.05, 0.1) is 16.8 Å². The highest BCUT2D eigenvalue weighted by Gasteiger charge is 2.25. The summed E-state index contributed by atoms with van der Waals surface area (Å²) in [6.45, 7) is 0. The highest BCUT2D eigenvalue weighted by atomic mass is 32.1. The van der Waals surface area contributed by atoms with E-state index >= 15 is 0 Å². The summed E-state index contributed by atoms with van der Waals surface area (Å²) in [6.07, 6.45) is 3.45. The van der Waals surface area contributed by atoms with Crippen LogP contribution in [0.25, 0.3) is 43.7 Å². The van der Waals surface area contributed by atoms with Crippen LogP contribution in [0.15, 0.2) is 81.2 Å². The zero-order valence-electron chi connectivity index (χ0n) is 17.4. The van der Waals surface area contributed by atoms with Gasteiger partial charge >= 0.3 is 5.97 Å². The quantitative estimate of drug-likeness (QED) is 0.274. The third-order valence-electron chi connectivity index (χ3n) is 5.48. The first-order valence-electron chi connectivity index (χ1n) is 10.3. The van der Waals surface area contributed by atoms with Crippen LogP contribution in [0.1, 0.15) is 20.9 Å². The SMILES string of the molecule is O=C(Nc1csc(-c2cc3cccc(-c4cn[nH]c4)c3o2)c1C(=O)O)c1cc2ccccc2o1. The number of aromatic nitrogens is 2. The molecule has 0 aliphatic carbocycles. The van der Waals surface area contributed by atoms with Gasteiger partial charge in [-0.1, -0.05) is 36.4 Å². The number of carbonyl (C=O) groups is 2. The summed E-state index contributed by atoms with van der Waals surface area (Å²) >= 11 is 1.18. The van der Waals surface area contributed by atoms with E-state index in [0.29, 0.717) is 21.8 Å². The van der Waals surface area contributed by atoms with Crippen LogP contribution in [-0.4, -0.2) is 27.2 Å². The number of anilines is 1. The first-order valence-corrected chi connectivity index (χ1v) is 11.1. The van der Waals surface area contributed by atoms with Gasteiger partial charge in [0.15, 0.2) is 5.76 Å². The number of carbonyl (C=O) groups excluding carboxylic acids is 1. The molecule has 2 aromatic carbocycles. The van der Waals surface area contributed by atoms with Crippen molar-refractivity contribution < 1.29 is 23.5 Å². The lowest BCUT2D eigenvalue weighted by Crippen LogP contribution is -2.13. The van der Waals surface area contributed by atoms with Gasteiger partial charge in [-0.3, -0.25) is 9.89 Å². The molecule has 3 N–H and O–H groups in total. The molecule has 9 heteroatoms. The largest absolute Gasteiger partial charge is 0.478 e. The topological polar surface area (TPSA) is 121 Å². The Kier molecular flexibility index (Phi) is 4.56. The van der Waals surface area contributed by atoms with E-state index in [9.17, 15) is 14.7 Å². The minimum atomic E-state index is -1.17. The molecule has 8 nitrogen and oxygen atoms in total. The molecule has 34 heavy (non-hydrogen) atoms. The average Bonchev–Trinajstić information content (AvgIpc) is 3.63. The number of furan rings is 2. The molecule has 0 fully saturated rings. The summed E-state index contributed by atoms with van der Waals surface area (Å²) in [6, 6.07) is 16.4.